The normalized spacial score (nSPS) is 13.2. The van der Waals surface area contributed by atoms with Gasteiger partial charge in [-0.2, -0.15) is 0 Å². The van der Waals surface area contributed by atoms with Crippen LogP contribution in [0.4, 0.5) is 11.4 Å². The third-order valence-corrected chi connectivity index (χ3v) is 4.11. The third kappa shape index (κ3) is 2.97. The van der Waals surface area contributed by atoms with Gasteiger partial charge in [-0.3, -0.25) is 0 Å². The Kier molecular flexibility index (Phi) is 4.00. The third-order valence-electron chi connectivity index (χ3n) is 4.11. The Morgan fingerprint density at radius 2 is 1.95 bits per heavy atom. The van der Waals surface area contributed by atoms with E-state index in [1.54, 1.807) is 7.11 Å². The Morgan fingerprint density at radius 3 is 2.71 bits per heavy atom. The van der Waals surface area contributed by atoms with Gasteiger partial charge in [0, 0.05) is 31.5 Å². The number of nitrogens with zero attached hydrogens (tertiary/aromatic N) is 1. The highest BCUT2D eigenvalue weighted by Crippen LogP contribution is 2.27. The molecule has 1 aliphatic heterocycles. The molecule has 0 fully saturated rings. The highest BCUT2D eigenvalue weighted by atomic mass is 16.5. The topological polar surface area (TPSA) is 24.5 Å². The lowest BCUT2D eigenvalue weighted by atomic mass is 9.97. The molecule has 0 amide bonds. The molecule has 0 unspecified atom stereocenters. The number of methoxy groups -OCH3 is 1. The number of benzene rings is 2. The van der Waals surface area contributed by atoms with Gasteiger partial charge in [0.1, 0.15) is 5.75 Å². The van der Waals surface area contributed by atoms with E-state index in [1.807, 2.05) is 12.1 Å². The van der Waals surface area contributed by atoms with Crippen LogP contribution in [0.5, 0.6) is 5.75 Å². The second-order valence-electron chi connectivity index (χ2n) is 5.53. The van der Waals surface area contributed by atoms with Gasteiger partial charge in [-0.15, -0.1) is 0 Å². The van der Waals surface area contributed by atoms with Crippen molar-refractivity contribution in [2.45, 2.75) is 19.4 Å². The molecule has 21 heavy (non-hydrogen) atoms. The van der Waals surface area contributed by atoms with Crippen LogP contribution in [0, 0.1) is 0 Å². The van der Waals surface area contributed by atoms with Crippen LogP contribution in [0.2, 0.25) is 0 Å². The van der Waals surface area contributed by atoms with Crippen LogP contribution in [0.15, 0.2) is 42.5 Å². The summed E-state index contributed by atoms with van der Waals surface area (Å²) in [5, 5.41) is 3.50. The van der Waals surface area contributed by atoms with Crippen LogP contribution in [0.3, 0.4) is 0 Å². The first-order valence-corrected chi connectivity index (χ1v) is 7.48. The van der Waals surface area contributed by atoms with E-state index in [-0.39, 0.29) is 0 Å². The zero-order valence-electron chi connectivity index (χ0n) is 12.7. The van der Waals surface area contributed by atoms with E-state index in [4.69, 9.17) is 4.74 Å². The van der Waals surface area contributed by atoms with Gasteiger partial charge in [-0.1, -0.05) is 12.1 Å². The second-order valence-corrected chi connectivity index (χ2v) is 5.53. The molecular weight excluding hydrogens is 260 g/mol. The van der Waals surface area contributed by atoms with Gasteiger partial charge in [0.25, 0.3) is 0 Å². The van der Waals surface area contributed by atoms with Crippen molar-refractivity contribution in [3.8, 4) is 5.75 Å². The second kappa shape index (κ2) is 6.08. The number of ether oxygens (including phenoxy) is 1. The first kappa shape index (κ1) is 13.8. The Labute approximate surface area is 126 Å². The number of nitrogens with one attached hydrogen (secondary N) is 1. The van der Waals surface area contributed by atoms with Crippen LogP contribution >= 0.6 is 0 Å². The lowest BCUT2D eigenvalue weighted by Crippen LogP contribution is -2.20. The van der Waals surface area contributed by atoms with E-state index < -0.39 is 0 Å². The molecular formula is C18H22N2O. The maximum absolute atomic E-state index is 5.21. The minimum atomic E-state index is 0.897. The summed E-state index contributed by atoms with van der Waals surface area (Å²) in [6.07, 6.45) is 2.39. The van der Waals surface area contributed by atoms with Crippen molar-refractivity contribution in [3.05, 3.63) is 53.6 Å². The molecule has 1 heterocycles. The van der Waals surface area contributed by atoms with Crippen LogP contribution < -0.4 is 15.0 Å². The molecule has 3 rings (SSSR count). The highest BCUT2D eigenvalue weighted by Gasteiger charge is 2.13. The van der Waals surface area contributed by atoms with Gasteiger partial charge in [0.15, 0.2) is 0 Å². The molecule has 0 saturated carbocycles. The summed E-state index contributed by atoms with van der Waals surface area (Å²) >= 11 is 0. The standard InChI is InChI=1S/C18H22N2O/c1-20(15-8-10-16(21-2)11-9-15)13-14-5-3-7-18-17(14)6-4-12-19-18/h3,5,7-11,19H,4,6,12-13H2,1-2H3. The minimum absolute atomic E-state index is 0.897. The maximum Gasteiger partial charge on any atom is 0.119 e. The smallest absolute Gasteiger partial charge is 0.119 e. The Morgan fingerprint density at radius 1 is 1.14 bits per heavy atom. The van der Waals surface area contributed by atoms with Gasteiger partial charge in [0.2, 0.25) is 0 Å². The molecule has 1 N–H and O–H groups in total. The SMILES string of the molecule is COc1ccc(N(C)Cc2cccc3c2CCCN3)cc1. The van der Waals surface area contributed by atoms with E-state index in [0.717, 1.165) is 18.8 Å². The lowest BCUT2D eigenvalue weighted by molar-refractivity contribution is 0.415. The first-order valence-electron chi connectivity index (χ1n) is 7.48. The molecule has 0 spiro atoms. The molecule has 0 atom stereocenters. The van der Waals surface area contributed by atoms with Crippen LogP contribution in [-0.2, 0) is 13.0 Å². The fraction of sp³-hybridized carbons (Fsp3) is 0.333. The molecule has 0 bridgehead atoms. The van der Waals surface area contributed by atoms with Crippen molar-refractivity contribution < 1.29 is 4.74 Å². The fourth-order valence-corrected chi connectivity index (χ4v) is 2.92. The largest absolute Gasteiger partial charge is 0.497 e. The van der Waals surface area contributed by atoms with E-state index in [0.29, 0.717) is 0 Å². The minimum Gasteiger partial charge on any atom is -0.497 e. The number of hydrogen-bond acceptors (Lipinski definition) is 3. The summed E-state index contributed by atoms with van der Waals surface area (Å²) in [6.45, 7) is 2.02. The summed E-state index contributed by atoms with van der Waals surface area (Å²) in [5.41, 5.74) is 5.40. The monoisotopic (exact) mass is 282 g/mol. The highest BCUT2D eigenvalue weighted by molar-refractivity contribution is 5.58. The van der Waals surface area contributed by atoms with Crippen molar-refractivity contribution in [2.75, 3.05) is 30.9 Å². The molecule has 3 nitrogen and oxygen atoms in total. The van der Waals surface area contributed by atoms with Gasteiger partial charge < -0.3 is 15.0 Å². The Balaban J connectivity index is 1.79. The molecule has 0 radical (unpaired) electrons. The molecule has 110 valence electrons. The zero-order valence-corrected chi connectivity index (χ0v) is 12.7. The number of anilines is 2. The fourth-order valence-electron chi connectivity index (χ4n) is 2.92. The van der Waals surface area contributed by atoms with Crippen LogP contribution in [-0.4, -0.2) is 20.7 Å². The molecule has 1 aliphatic rings. The van der Waals surface area contributed by atoms with Gasteiger partial charge in [-0.05, 0) is 54.3 Å². The van der Waals surface area contributed by atoms with Gasteiger partial charge >= 0.3 is 0 Å². The van der Waals surface area contributed by atoms with Crippen LogP contribution in [0.25, 0.3) is 0 Å². The predicted octanol–water partition coefficient (Wildman–Crippen LogP) is 3.69. The summed E-state index contributed by atoms with van der Waals surface area (Å²) in [4.78, 5) is 2.28. The summed E-state index contributed by atoms with van der Waals surface area (Å²) in [6, 6.07) is 14.8. The van der Waals surface area contributed by atoms with E-state index in [2.05, 4.69) is 47.6 Å². The zero-order chi connectivity index (χ0) is 14.7. The van der Waals surface area contributed by atoms with E-state index >= 15 is 0 Å². The van der Waals surface area contributed by atoms with Gasteiger partial charge in [0.05, 0.1) is 7.11 Å². The maximum atomic E-state index is 5.21. The number of rotatable bonds is 4. The molecule has 0 aromatic heterocycles. The summed E-state index contributed by atoms with van der Waals surface area (Å²) in [5.74, 6) is 0.897. The predicted molar refractivity (Wildman–Crippen MR) is 88.4 cm³/mol. The quantitative estimate of drug-likeness (QED) is 0.925. The molecule has 0 saturated heterocycles. The lowest BCUT2D eigenvalue weighted by Gasteiger charge is -2.25. The number of hydrogen-bond donors (Lipinski definition) is 1. The van der Waals surface area contributed by atoms with Crippen molar-refractivity contribution in [1.82, 2.24) is 0 Å². The molecule has 3 heteroatoms. The molecule has 2 aromatic rings. The van der Waals surface area contributed by atoms with Crippen LogP contribution in [0.1, 0.15) is 17.5 Å². The Hall–Kier alpha value is -2.16. The van der Waals surface area contributed by atoms with Gasteiger partial charge in [-0.25, -0.2) is 0 Å². The van der Waals surface area contributed by atoms with Crippen molar-refractivity contribution >= 4 is 11.4 Å². The average Bonchev–Trinajstić information content (AvgIpc) is 2.55. The van der Waals surface area contributed by atoms with Crippen molar-refractivity contribution in [3.63, 3.8) is 0 Å². The first-order chi connectivity index (χ1) is 10.3. The molecule has 0 aliphatic carbocycles. The molecule has 2 aromatic carbocycles. The average molecular weight is 282 g/mol. The van der Waals surface area contributed by atoms with E-state index in [9.17, 15) is 0 Å². The van der Waals surface area contributed by atoms with Crippen molar-refractivity contribution in [2.24, 2.45) is 0 Å². The summed E-state index contributed by atoms with van der Waals surface area (Å²) in [7, 11) is 3.83. The Bertz CT molecular complexity index is 607. The van der Waals surface area contributed by atoms with E-state index in [1.165, 1.54) is 35.3 Å². The summed E-state index contributed by atoms with van der Waals surface area (Å²) < 4.78 is 5.21. The number of fused-ring (bicyclic) bond motifs is 1. The van der Waals surface area contributed by atoms with Crippen molar-refractivity contribution in [1.29, 1.82) is 0 Å².